The quantitative estimate of drug-likeness (QED) is 0.295. The Bertz CT molecular complexity index is 942. The fraction of sp³-hybridized carbons (Fsp3) is 0.458. The number of rotatable bonds is 7. The van der Waals surface area contributed by atoms with E-state index >= 15 is 0 Å². The molecule has 33 heavy (non-hydrogen) atoms. The molecule has 0 N–H and O–H groups in total. The van der Waals surface area contributed by atoms with Gasteiger partial charge in [-0.3, -0.25) is 0 Å². The van der Waals surface area contributed by atoms with Gasteiger partial charge in [-0.25, -0.2) is 13.8 Å². The van der Waals surface area contributed by atoms with Crippen LogP contribution in [0.5, 0.6) is 0 Å². The van der Waals surface area contributed by atoms with Crippen molar-refractivity contribution in [2.45, 2.75) is 51.2 Å². The van der Waals surface area contributed by atoms with Gasteiger partial charge in [0.2, 0.25) is 0 Å². The largest absolute Gasteiger partial charge is 2.00 e. The number of fused-ring (bicyclic) bond motifs is 3. The van der Waals surface area contributed by atoms with Gasteiger partial charge >= 0.3 is 20.4 Å². The van der Waals surface area contributed by atoms with Crippen molar-refractivity contribution in [2.75, 3.05) is 18.5 Å². The van der Waals surface area contributed by atoms with Crippen LogP contribution in [0.25, 0.3) is 11.0 Å². The molecule has 2 nitrogen and oxygen atoms in total. The standard InChI is InChI=1S/C15H10F2N2S.C9H21P.2ClH.Pd/c16-9-4-3-5-10(17)14(9)15-19-12-7-2-1-6-11(12)18-13(19)8-20-15;1-4-7-10(8-5-2)9-6-3;;;/h1-7,15H,8H2;4-9H2,1-3H3;2*1H;/q;;;;+2/p-2/t15-;;;;/m1..../s1. The third-order valence-corrected chi connectivity index (χ3v) is 9.57. The summed E-state index contributed by atoms with van der Waals surface area (Å²) < 4.78 is 30.0. The van der Waals surface area contributed by atoms with Crippen LogP contribution in [0.3, 0.4) is 0 Å². The van der Waals surface area contributed by atoms with Crippen molar-refractivity contribution < 1.29 is 54.0 Å². The second-order valence-corrected chi connectivity index (χ2v) is 11.3. The summed E-state index contributed by atoms with van der Waals surface area (Å²) in [6, 6.07) is 11.7. The molecule has 1 aliphatic rings. The first-order valence-corrected chi connectivity index (χ1v) is 13.8. The van der Waals surface area contributed by atoms with E-state index in [1.165, 1.54) is 67.7 Å². The second kappa shape index (κ2) is 16.5. The minimum Gasteiger partial charge on any atom is -1.00 e. The zero-order valence-corrected chi connectivity index (χ0v) is 23.9. The number of imidazole rings is 1. The smallest absolute Gasteiger partial charge is 1.00 e. The molecule has 2 aromatic carbocycles. The molecule has 0 aliphatic carbocycles. The number of para-hydroxylation sites is 2. The van der Waals surface area contributed by atoms with Gasteiger partial charge < -0.3 is 29.4 Å². The minimum absolute atomic E-state index is 0. The van der Waals surface area contributed by atoms with Gasteiger partial charge in [0.25, 0.3) is 0 Å². The number of hydrogen-bond donors (Lipinski definition) is 0. The van der Waals surface area contributed by atoms with Crippen molar-refractivity contribution in [3.63, 3.8) is 0 Å². The molecule has 2 heterocycles. The molecular weight excluding hydrogens is 595 g/mol. The van der Waals surface area contributed by atoms with Crippen LogP contribution >= 0.6 is 19.7 Å². The first-order valence-electron chi connectivity index (χ1n) is 10.8. The van der Waals surface area contributed by atoms with Gasteiger partial charge in [-0.05, 0) is 42.8 Å². The van der Waals surface area contributed by atoms with Crippen LogP contribution in [0.2, 0.25) is 0 Å². The van der Waals surface area contributed by atoms with E-state index in [1.807, 2.05) is 28.8 Å². The molecule has 9 heteroatoms. The Morgan fingerprint density at radius 2 is 1.45 bits per heavy atom. The molecule has 186 valence electrons. The van der Waals surface area contributed by atoms with Crippen molar-refractivity contribution >= 4 is 30.7 Å². The van der Waals surface area contributed by atoms with Crippen LogP contribution < -0.4 is 24.8 Å². The minimum atomic E-state index is -0.506. The van der Waals surface area contributed by atoms with Crippen LogP contribution in [-0.2, 0) is 26.2 Å². The van der Waals surface area contributed by atoms with Crippen LogP contribution in [0.15, 0.2) is 42.5 Å². The molecule has 0 saturated carbocycles. The van der Waals surface area contributed by atoms with E-state index in [0.717, 1.165) is 16.9 Å². The van der Waals surface area contributed by atoms with Crippen molar-refractivity contribution in [1.82, 2.24) is 9.55 Å². The molecule has 0 bridgehead atoms. The normalized spacial score (nSPS) is 13.9. The Hall–Kier alpha value is -0.208. The Labute approximate surface area is 228 Å². The maximum absolute atomic E-state index is 14.0. The van der Waals surface area contributed by atoms with E-state index in [-0.39, 0.29) is 50.8 Å². The van der Waals surface area contributed by atoms with E-state index in [0.29, 0.717) is 13.7 Å². The third kappa shape index (κ3) is 8.16. The molecule has 0 saturated heterocycles. The average molecular weight is 626 g/mol. The average Bonchev–Trinajstić information content (AvgIpc) is 3.29. The summed E-state index contributed by atoms with van der Waals surface area (Å²) in [4.78, 5) is 4.53. The number of thioether (sulfide) groups is 1. The maximum Gasteiger partial charge on any atom is 2.00 e. The summed E-state index contributed by atoms with van der Waals surface area (Å²) in [7, 11) is 0.439. The summed E-state index contributed by atoms with van der Waals surface area (Å²) in [6.07, 6.45) is 8.72. The van der Waals surface area contributed by atoms with Crippen molar-refractivity contribution in [2.24, 2.45) is 0 Å². The van der Waals surface area contributed by atoms with E-state index < -0.39 is 17.0 Å². The van der Waals surface area contributed by atoms with Crippen molar-refractivity contribution in [1.29, 1.82) is 0 Å². The third-order valence-electron chi connectivity index (χ3n) is 5.14. The summed E-state index contributed by atoms with van der Waals surface area (Å²) in [6.45, 7) is 6.92. The van der Waals surface area contributed by atoms with Gasteiger partial charge in [0.05, 0.1) is 22.3 Å². The Morgan fingerprint density at radius 3 is 2.00 bits per heavy atom. The number of benzene rings is 2. The Morgan fingerprint density at radius 1 is 0.909 bits per heavy atom. The van der Waals surface area contributed by atoms with E-state index in [1.54, 1.807) is 0 Å². The molecule has 0 amide bonds. The second-order valence-electron chi connectivity index (χ2n) is 7.53. The predicted molar refractivity (Wildman–Crippen MR) is 128 cm³/mol. The number of halogens is 4. The SMILES string of the molecule is CCCP(CCC)CCC.Fc1cccc(F)c1[C@H]1SCc2nc3ccccc3n21.[Cl-].[Cl-].[Pd+2]. The van der Waals surface area contributed by atoms with Crippen LogP contribution in [0.4, 0.5) is 8.78 Å². The fourth-order valence-corrected chi connectivity index (χ4v) is 7.78. The van der Waals surface area contributed by atoms with Crippen molar-refractivity contribution in [3.8, 4) is 0 Å². The van der Waals surface area contributed by atoms with Crippen molar-refractivity contribution in [3.05, 3.63) is 65.5 Å². The van der Waals surface area contributed by atoms with Crippen LogP contribution in [0, 0.1) is 11.6 Å². The Balaban J connectivity index is 0.000000691. The zero-order chi connectivity index (χ0) is 21.5. The molecule has 3 aromatic rings. The predicted octanol–water partition coefficient (Wildman–Crippen LogP) is 1.81. The molecule has 0 fully saturated rings. The van der Waals surface area contributed by atoms with Gasteiger partial charge in [-0.2, -0.15) is 0 Å². The van der Waals surface area contributed by atoms with Crippen LogP contribution in [0.1, 0.15) is 56.8 Å². The summed E-state index contributed by atoms with van der Waals surface area (Å²) in [5.74, 6) is 0.512. The first kappa shape index (κ1) is 32.8. The van der Waals surface area contributed by atoms with E-state index in [2.05, 4.69) is 25.8 Å². The molecular formula is C24H31Cl2F2N2PPdS. The van der Waals surface area contributed by atoms with Gasteiger partial charge in [-0.15, -0.1) is 19.7 Å². The fourth-order valence-electron chi connectivity index (χ4n) is 3.93. The molecule has 1 atom stereocenters. The molecule has 0 radical (unpaired) electrons. The number of nitrogens with zero attached hydrogens (tertiary/aromatic N) is 2. The first-order chi connectivity index (χ1) is 14.6. The number of hydrogen-bond acceptors (Lipinski definition) is 2. The van der Waals surface area contributed by atoms with E-state index in [4.69, 9.17) is 0 Å². The monoisotopic (exact) mass is 624 g/mol. The number of aromatic nitrogens is 2. The molecule has 0 unspecified atom stereocenters. The topological polar surface area (TPSA) is 17.8 Å². The van der Waals surface area contributed by atoms with Gasteiger partial charge in [0.1, 0.15) is 22.8 Å². The zero-order valence-electron chi connectivity index (χ0n) is 19.1. The maximum atomic E-state index is 14.0. The molecule has 4 rings (SSSR count). The Kier molecular flexibility index (Phi) is 16.4. The van der Waals surface area contributed by atoms with Gasteiger partial charge in [0.15, 0.2) is 0 Å². The van der Waals surface area contributed by atoms with Crippen LogP contribution in [-0.4, -0.2) is 28.0 Å². The summed E-state index contributed by atoms with van der Waals surface area (Å²) in [5.41, 5.74) is 1.89. The molecule has 1 aromatic heterocycles. The van der Waals surface area contributed by atoms with Gasteiger partial charge in [0, 0.05) is 0 Å². The van der Waals surface area contributed by atoms with Gasteiger partial charge in [-0.1, -0.05) is 58.2 Å². The summed E-state index contributed by atoms with van der Waals surface area (Å²) >= 11 is 1.49. The summed E-state index contributed by atoms with van der Waals surface area (Å²) in [5, 5.41) is -0.390. The van der Waals surface area contributed by atoms with E-state index in [9.17, 15) is 8.78 Å². The molecule has 0 spiro atoms. The molecule has 1 aliphatic heterocycles.